The molecule has 0 unspecified atom stereocenters. The van der Waals surface area contributed by atoms with Gasteiger partial charge >= 0.3 is 0 Å². The fraction of sp³-hybridized carbons (Fsp3) is 0.0476. The van der Waals surface area contributed by atoms with Crippen LogP contribution < -0.4 is 5.43 Å². The molecule has 0 aliphatic rings. The third kappa shape index (κ3) is 3.54. The Morgan fingerprint density at radius 3 is 2.62 bits per heavy atom. The van der Waals surface area contributed by atoms with E-state index < -0.39 is 0 Å². The molecule has 0 fully saturated rings. The Kier molecular flexibility index (Phi) is 4.82. The third-order valence-corrected chi connectivity index (χ3v) is 5.43. The highest BCUT2D eigenvalue weighted by atomic mass is 79.9. The Morgan fingerprint density at radius 2 is 1.77 bits per heavy atom. The Balaban J connectivity index is 1.58. The van der Waals surface area contributed by atoms with Crippen molar-refractivity contribution in [3.63, 3.8) is 0 Å². The molecule has 0 spiro atoms. The van der Waals surface area contributed by atoms with Gasteiger partial charge in [-0.3, -0.25) is 5.43 Å². The van der Waals surface area contributed by atoms with Gasteiger partial charge in [-0.2, -0.15) is 5.10 Å². The molecule has 3 aromatic carbocycles. The summed E-state index contributed by atoms with van der Waals surface area (Å²) in [6.45, 7) is 1.98. The number of anilines is 1. The van der Waals surface area contributed by atoms with E-state index in [2.05, 4.69) is 74.3 Å². The molecule has 1 aromatic heterocycles. The number of hydrogen-bond acceptors (Lipinski definition) is 4. The van der Waals surface area contributed by atoms with Gasteiger partial charge in [-0.05, 0) is 35.4 Å². The van der Waals surface area contributed by atoms with Crippen LogP contribution in [-0.2, 0) is 0 Å². The average molecular weight is 422 g/mol. The fourth-order valence-corrected chi connectivity index (χ4v) is 3.70. The molecule has 4 rings (SSSR count). The maximum absolute atomic E-state index is 4.70. The van der Waals surface area contributed by atoms with Crippen LogP contribution in [0.3, 0.4) is 0 Å². The number of benzene rings is 3. The van der Waals surface area contributed by atoms with Crippen molar-refractivity contribution in [3.8, 4) is 11.3 Å². The van der Waals surface area contributed by atoms with Crippen molar-refractivity contribution in [1.82, 2.24) is 4.98 Å². The van der Waals surface area contributed by atoms with Gasteiger partial charge in [0.2, 0.25) is 5.13 Å². The second-order valence-corrected chi connectivity index (χ2v) is 7.65. The first-order chi connectivity index (χ1) is 12.7. The molecule has 0 atom stereocenters. The van der Waals surface area contributed by atoms with Crippen LogP contribution in [-0.4, -0.2) is 10.7 Å². The molecule has 128 valence electrons. The lowest BCUT2D eigenvalue weighted by molar-refractivity contribution is 1.27. The Bertz CT molecular complexity index is 1080. The molecule has 1 N–H and O–H groups in total. The van der Waals surface area contributed by atoms with E-state index >= 15 is 0 Å². The zero-order valence-corrected chi connectivity index (χ0v) is 16.5. The maximum atomic E-state index is 4.70. The summed E-state index contributed by atoms with van der Waals surface area (Å²) >= 11 is 5.00. The van der Waals surface area contributed by atoms with Crippen molar-refractivity contribution in [1.29, 1.82) is 0 Å². The van der Waals surface area contributed by atoms with Crippen molar-refractivity contribution in [2.75, 3.05) is 5.43 Å². The molecule has 0 amide bonds. The summed E-state index contributed by atoms with van der Waals surface area (Å²) in [6, 6.07) is 22.8. The molecule has 3 nitrogen and oxygen atoms in total. The molecular weight excluding hydrogens is 406 g/mol. The quantitative estimate of drug-likeness (QED) is 0.299. The predicted molar refractivity (Wildman–Crippen MR) is 115 cm³/mol. The highest BCUT2D eigenvalue weighted by Gasteiger charge is 2.08. The van der Waals surface area contributed by atoms with E-state index in [4.69, 9.17) is 4.98 Å². The first-order valence-electron chi connectivity index (χ1n) is 8.20. The molecule has 0 saturated heterocycles. The third-order valence-electron chi connectivity index (χ3n) is 4.15. The molecule has 0 bridgehead atoms. The van der Waals surface area contributed by atoms with E-state index in [9.17, 15) is 0 Å². The van der Waals surface area contributed by atoms with Gasteiger partial charge < -0.3 is 0 Å². The molecule has 0 radical (unpaired) electrons. The van der Waals surface area contributed by atoms with Gasteiger partial charge in [0.25, 0.3) is 0 Å². The summed E-state index contributed by atoms with van der Waals surface area (Å²) in [5.74, 6) is 0. The second-order valence-electron chi connectivity index (χ2n) is 5.88. The first kappa shape index (κ1) is 16.9. The highest BCUT2D eigenvalue weighted by Crippen LogP contribution is 2.31. The number of nitrogens with zero attached hydrogens (tertiary/aromatic N) is 2. The minimum atomic E-state index is 0.782. The molecule has 5 heteroatoms. The molecule has 1 heterocycles. The van der Waals surface area contributed by atoms with Crippen LogP contribution in [0.15, 0.2) is 81.7 Å². The molecule has 26 heavy (non-hydrogen) atoms. The number of hydrogen-bond donors (Lipinski definition) is 1. The lowest BCUT2D eigenvalue weighted by Gasteiger charge is -2.03. The SMILES string of the molecule is CC(=NNc1nc(-c2cccc3ccccc23)cs1)c1ccc(Br)cc1. The number of aromatic nitrogens is 1. The summed E-state index contributed by atoms with van der Waals surface area (Å²) in [7, 11) is 0. The van der Waals surface area contributed by atoms with E-state index in [1.807, 2.05) is 31.2 Å². The van der Waals surface area contributed by atoms with Gasteiger partial charge in [-0.15, -0.1) is 11.3 Å². The van der Waals surface area contributed by atoms with Gasteiger partial charge in [0.1, 0.15) is 0 Å². The minimum absolute atomic E-state index is 0.782. The van der Waals surface area contributed by atoms with Gasteiger partial charge in [0, 0.05) is 15.4 Å². The lowest BCUT2D eigenvalue weighted by Crippen LogP contribution is -1.99. The Morgan fingerprint density at radius 1 is 1.00 bits per heavy atom. The van der Waals surface area contributed by atoms with Gasteiger partial charge in [-0.25, -0.2) is 4.98 Å². The molecule has 0 aliphatic carbocycles. The smallest absolute Gasteiger partial charge is 0.203 e. The Labute approximate surface area is 164 Å². The van der Waals surface area contributed by atoms with Crippen molar-refractivity contribution < 1.29 is 0 Å². The van der Waals surface area contributed by atoms with Crippen LogP contribution >= 0.6 is 27.3 Å². The van der Waals surface area contributed by atoms with E-state index in [-0.39, 0.29) is 0 Å². The minimum Gasteiger partial charge on any atom is -0.252 e. The second kappa shape index (κ2) is 7.40. The normalized spacial score (nSPS) is 11.7. The topological polar surface area (TPSA) is 37.3 Å². The van der Waals surface area contributed by atoms with Crippen LogP contribution in [0.1, 0.15) is 12.5 Å². The number of halogens is 1. The van der Waals surface area contributed by atoms with Gasteiger partial charge in [0.15, 0.2) is 0 Å². The van der Waals surface area contributed by atoms with E-state index in [1.165, 1.54) is 10.8 Å². The summed E-state index contributed by atoms with van der Waals surface area (Å²) in [4.78, 5) is 4.70. The highest BCUT2D eigenvalue weighted by molar-refractivity contribution is 9.10. The number of thiazole rings is 1. The zero-order chi connectivity index (χ0) is 17.9. The predicted octanol–water partition coefficient (Wildman–Crippen LogP) is 6.56. The van der Waals surface area contributed by atoms with Crippen molar-refractivity contribution in [3.05, 3.63) is 82.1 Å². The van der Waals surface area contributed by atoms with Crippen LogP contribution in [0.2, 0.25) is 0 Å². The number of hydrazone groups is 1. The van der Waals surface area contributed by atoms with Crippen molar-refractivity contribution in [2.45, 2.75) is 6.92 Å². The monoisotopic (exact) mass is 421 g/mol. The van der Waals surface area contributed by atoms with Crippen LogP contribution in [0.25, 0.3) is 22.0 Å². The standard InChI is InChI=1S/C21H16BrN3S/c1-14(15-9-11-17(22)12-10-15)24-25-21-23-20(13-26-21)19-8-4-6-16-5-2-3-7-18(16)19/h2-13H,1H3,(H,23,25). The first-order valence-corrected chi connectivity index (χ1v) is 9.88. The van der Waals surface area contributed by atoms with Crippen molar-refractivity contribution in [2.24, 2.45) is 5.10 Å². The van der Waals surface area contributed by atoms with Gasteiger partial charge in [-0.1, -0.05) is 70.5 Å². The fourth-order valence-electron chi connectivity index (χ4n) is 2.78. The van der Waals surface area contributed by atoms with Gasteiger partial charge in [0.05, 0.1) is 11.4 Å². The number of nitrogens with one attached hydrogen (secondary N) is 1. The average Bonchev–Trinajstić information content (AvgIpc) is 3.15. The van der Waals surface area contributed by atoms with Crippen LogP contribution in [0.5, 0.6) is 0 Å². The lowest BCUT2D eigenvalue weighted by atomic mass is 10.0. The Hall–Kier alpha value is -2.50. The zero-order valence-electron chi connectivity index (χ0n) is 14.1. The van der Waals surface area contributed by atoms with Crippen LogP contribution in [0, 0.1) is 0 Å². The molecule has 0 aliphatic heterocycles. The summed E-state index contributed by atoms with van der Waals surface area (Å²) < 4.78 is 1.06. The largest absolute Gasteiger partial charge is 0.252 e. The van der Waals surface area contributed by atoms with Crippen molar-refractivity contribution >= 4 is 48.9 Å². The summed E-state index contributed by atoms with van der Waals surface area (Å²) in [5.41, 5.74) is 7.17. The molecule has 0 saturated carbocycles. The van der Waals surface area contributed by atoms with E-state index in [0.29, 0.717) is 0 Å². The van der Waals surface area contributed by atoms with Crippen LogP contribution in [0.4, 0.5) is 5.13 Å². The summed E-state index contributed by atoms with van der Waals surface area (Å²) in [6.07, 6.45) is 0. The number of rotatable bonds is 4. The summed E-state index contributed by atoms with van der Waals surface area (Å²) in [5, 5.41) is 9.74. The van der Waals surface area contributed by atoms with E-state index in [1.54, 1.807) is 11.3 Å². The van der Waals surface area contributed by atoms with E-state index in [0.717, 1.165) is 32.1 Å². The molecule has 4 aromatic rings. The molecular formula is C21H16BrN3S. The maximum Gasteiger partial charge on any atom is 0.203 e. The number of fused-ring (bicyclic) bond motifs is 1.